The van der Waals surface area contributed by atoms with Gasteiger partial charge < -0.3 is 15.5 Å². The number of carbonyl (C=O) groups excluding carboxylic acids is 2. The summed E-state index contributed by atoms with van der Waals surface area (Å²) in [6.07, 6.45) is -3.47. The molecule has 134 valence electrons. The van der Waals surface area contributed by atoms with Crippen LogP contribution in [0, 0.1) is 11.3 Å². The largest absolute Gasteiger partial charge is 0.408 e. The zero-order valence-electron chi connectivity index (χ0n) is 14.1. The van der Waals surface area contributed by atoms with E-state index in [9.17, 15) is 22.8 Å². The number of halogens is 3. The molecule has 3 amide bonds. The maximum Gasteiger partial charge on any atom is 0.408 e. The maximum atomic E-state index is 13.1. The molecule has 0 aliphatic carbocycles. The Morgan fingerprint density at radius 1 is 1.26 bits per heavy atom. The van der Waals surface area contributed by atoms with Gasteiger partial charge >= 0.3 is 12.2 Å². The van der Waals surface area contributed by atoms with Crippen molar-refractivity contribution in [2.75, 3.05) is 20.1 Å². The first-order chi connectivity index (χ1) is 10.4. The highest BCUT2D eigenvalue weighted by molar-refractivity contribution is 5.80. The normalized spacial score (nSPS) is 20.8. The highest BCUT2D eigenvalue weighted by atomic mass is 19.4. The summed E-state index contributed by atoms with van der Waals surface area (Å²) in [5.41, 5.74) is -0.569. The number of carbonyl (C=O) groups is 2. The van der Waals surface area contributed by atoms with Crippen LogP contribution < -0.4 is 10.6 Å². The topological polar surface area (TPSA) is 61.4 Å². The van der Waals surface area contributed by atoms with Gasteiger partial charge in [-0.25, -0.2) is 4.79 Å². The van der Waals surface area contributed by atoms with Gasteiger partial charge in [0.05, 0.1) is 5.92 Å². The molecule has 1 rings (SSSR count). The summed E-state index contributed by atoms with van der Waals surface area (Å²) < 4.78 is 39.4. The Bertz CT molecular complexity index is 433. The molecule has 1 aliphatic heterocycles. The lowest BCUT2D eigenvalue weighted by Gasteiger charge is -2.34. The van der Waals surface area contributed by atoms with Gasteiger partial charge in [0.15, 0.2) is 0 Å². The van der Waals surface area contributed by atoms with Crippen molar-refractivity contribution in [3.63, 3.8) is 0 Å². The summed E-state index contributed by atoms with van der Waals surface area (Å²) in [5, 5.41) is 4.60. The van der Waals surface area contributed by atoms with Crippen LogP contribution in [0.1, 0.15) is 40.0 Å². The number of nitrogens with one attached hydrogen (secondary N) is 2. The third-order valence-electron chi connectivity index (χ3n) is 3.84. The Labute approximate surface area is 135 Å². The fraction of sp³-hybridized carbons (Fsp3) is 0.867. The van der Waals surface area contributed by atoms with Crippen LogP contribution in [0.2, 0.25) is 0 Å². The second-order valence-corrected chi connectivity index (χ2v) is 7.21. The number of amides is 3. The standard InChI is InChI=1S/C15H26F3N3O2/c1-14(2,3)8-11(15(16,17)18)20-13(23)21-7-5-6-10(9-21)12(22)19-4/h10-11H,5-9H2,1-4H3,(H,19,22)(H,20,23)/t10-,11+/m1/s1. The average molecular weight is 337 g/mol. The molecule has 1 fully saturated rings. The minimum absolute atomic E-state index is 0.144. The summed E-state index contributed by atoms with van der Waals surface area (Å²) in [5.74, 6) is -0.559. The van der Waals surface area contributed by atoms with Crippen molar-refractivity contribution in [2.45, 2.75) is 52.3 Å². The summed E-state index contributed by atoms with van der Waals surface area (Å²) >= 11 is 0. The highest BCUT2D eigenvalue weighted by Crippen LogP contribution is 2.31. The van der Waals surface area contributed by atoms with Gasteiger partial charge in [0.2, 0.25) is 5.91 Å². The molecule has 0 unspecified atom stereocenters. The van der Waals surface area contributed by atoms with E-state index in [-0.39, 0.29) is 24.8 Å². The van der Waals surface area contributed by atoms with Gasteiger partial charge in [-0.2, -0.15) is 13.2 Å². The van der Waals surface area contributed by atoms with Crippen LogP contribution in [0.5, 0.6) is 0 Å². The van der Waals surface area contributed by atoms with Gasteiger partial charge in [0, 0.05) is 20.1 Å². The lowest BCUT2D eigenvalue weighted by atomic mass is 9.88. The van der Waals surface area contributed by atoms with E-state index in [2.05, 4.69) is 10.6 Å². The van der Waals surface area contributed by atoms with Crippen LogP contribution in [0.4, 0.5) is 18.0 Å². The Morgan fingerprint density at radius 3 is 2.35 bits per heavy atom. The van der Waals surface area contributed by atoms with Crippen LogP contribution in [0.25, 0.3) is 0 Å². The maximum absolute atomic E-state index is 13.1. The summed E-state index contributed by atoms with van der Waals surface area (Å²) in [6.45, 7) is 5.59. The van der Waals surface area contributed by atoms with Crippen LogP contribution in [0.3, 0.4) is 0 Å². The molecule has 2 atom stereocenters. The van der Waals surface area contributed by atoms with Crippen molar-refractivity contribution in [3.8, 4) is 0 Å². The SMILES string of the molecule is CNC(=O)[C@@H]1CCCN(C(=O)N[C@@H](CC(C)(C)C)C(F)(F)F)C1. The van der Waals surface area contributed by atoms with Crippen LogP contribution in [0.15, 0.2) is 0 Å². The van der Waals surface area contributed by atoms with Gasteiger partial charge in [-0.3, -0.25) is 4.79 Å². The molecule has 2 N–H and O–H groups in total. The van der Waals surface area contributed by atoms with Gasteiger partial charge in [0.1, 0.15) is 6.04 Å². The monoisotopic (exact) mass is 337 g/mol. The number of nitrogens with zero attached hydrogens (tertiary/aromatic N) is 1. The zero-order valence-corrected chi connectivity index (χ0v) is 14.1. The Morgan fingerprint density at radius 2 is 1.87 bits per heavy atom. The Hall–Kier alpha value is -1.47. The third kappa shape index (κ3) is 6.27. The molecular formula is C15H26F3N3O2. The molecule has 0 saturated carbocycles. The summed E-state index contributed by atoms with van der Waals surface area (Å²) in [6, 6.07) is -2.65. The molecule has 1 saturated heterocycles. The van der Waals surface area contributed by atoms with Crippen molar-refractivity contribution in [1.29, 1.82) is 0 Å². The number of likely N-dealkylation sites (tertiary alicyclic amines) is 1. The molecule has 1 heterocycles. The fourth-order valence-electron chi connectivity index (χ4n) is 2.68. The lowest BCUT2D eigenvalue weighted by Crippen LogP contribution is -2.54. The van der Waals surface area contributed by atoms with Crippen LogP contribution in [-0.2, 0) is 4.79 Å². The van der Waals surface area contributed by atoms with Gasteiger partial charge in [-0.15, -0.1) is 0 Å². The second kappa shape index (κ2) is 7.40. The predicted molar refractivity (Wildman–Crippen MR) is 80.8 cm³/mol. The minimum atomic E-state index is -4.50. The first-order valence-corrected chi connectivity index (χ1v) is 7.78. The fourth-order valence-corrected chi connectivity index (χ4v) is 2.68. The van der Waals surface area contributed by atoms with E-state index >= 15 is 0 Å². The molecule has 8 heteroatoms. The summed E-state index contributed by atoms with van der Waals surface area (Å²) in [7, 11) is 1.50. The molecule has 5 nitrogen and oxygen atoms in total. The van der Waals surface area contributed by atoms with Gasteiger partial charge in [-0.1, -0.05) is 20.8 Å². The molecule has 0 bridgehead atoms. The number of rotatable bonds is 3. The average Bonchev–Trinajstić information content (AvgIpc) is 2.43. The Kier molecular flexibility index (Phi) is 6.30. The third-order valence-corrected chi connectivity index (χ3v) is 3.84. The first kappa shape index (κ1) is 19.6. The smallest absolute Gasteiger partial charge is 0.359 e. The van der Waals surface area contributed by atoms with Crippen LogP contribution in [-0.4, -0.2) is 49.2 Å². The van der Waals surface area contributed by atoms with Gasteiger partial charge in [0.25, 0.3) is 0 Å². The molecule has 0 radical (unpaired) electrons. The second-order valence-electron chi connectivity index (χ2n) is 7.21. The number of alkyl halides is 3. The molecule has 0 aromatic rings. The minimum Gasteiger partial charge on any atom is -0.359 e. The lowest BCUT2D eigenvalue weighted by molar-refractivity contribution is -0.159. The zero-order chi connectivity index (χ0) is 17.8. The van der Waals surface area contributed by atoms with Gasteiger partial charge in [-0.05, 0) is 24.7 Å². The van der Waals surface area contributed by atoms with E-state index in [0.29, 0.717) is 19.4 Å². The molecular weight excluding hydrogens is 311 g/mol. The molecule has 23 heavy (non-hydrogen) atoms. The number of urea groups is 1. The van der Waals surface area contributed by atoms with Crippen LogP contribution >= 0.6 is 0 Å². The van der Waals surface area contributed by atoms with E-state index in [4.69, 9.17) is 0 Å². The first-order valence-electron chi connectivity index (χ1n) is 7.78. The van der Waals surface area contributed by atoms with Crippen molar-refractivity contribution in [1.82, 2.24) is 15.5 Å². The molecule has 0 aromatic carbocycles. The van der Waals surface area contributed by atoms with Crippen molar-refractivity contribution >= 4 is 11.9 Å². The molecule has 0 aromatic heterocycles. The highest BCUT2D eigenvalue weighted by Gasteiger charge is 2.43. The molecule has 0 spiro atoms. The number of hydrogen-bond donors (Lipinski definition) is 2. The number of piperidine rings is 1. The van der Waals surface area contributed by atoms with Crippen molar-refractivity contribution in [3.05, 3.63) is 0 Å². The number of hydrogen-bond acceptors (Lipinski definition) is 2. The van der Waals surface area contributed by atoms with E-state index in [0.717, 1.165) is 0 Å². The summed E-state index contributed by atoms with van der Waals surface area (Å²) in [4.78, 5) is 25.1. The van der Waals surface area contributed by atoms with E-state index in [1.807, 2.05) is 0 Å². The predicted octanol–water partition coefficient (Wildman–Crippen LogP) is 2.52. The molecule has 1 aliphatic rings. The Balaban J connectivity index is 2.73. The quantitative estimate of drug-likeness (QED) is 0.831. The van der Waals surface area contributed by atoms with E-state index < -0.39 is 23.7 Å². The van der Waals surface area contributed by atoms with Crippen molar-refractivity contribution < 1.29 is 22.8 Å². The van der Waals surface area contributed by atoms with E-state index in [1.165, 1.54) is 11.9 Å². The van der Waals surface area contributed by atoms with E-state index in [1.54, 1.807) is 20.8 Å². The van der Waals surface area contributed by atoms with Crippen molar-refractivity contribution in [2.24, 2.45) is 11.3 Å².